The van der Waals surface area contributed by atoms with Crippen molar-refractivity contribution in [3.05, 3.63) is 59.8 Å². The molecule has 2 heterocycles. The van der Waals surface area contributed by atoms with Crippen molar-refractivity contribution in [1.29, 1.82) is 0 Å². The van der Waals surface area contributed by atoms with Crippen molar-refractivity contribution in [2.45, 2.75) is 51.4 Å². The van der Waals surface area contributed by atoms with Crippen LogP contribution in [0.15, 0.2) is 48.5 Å². The molecule has 0 saturated carbocycles. The first-order chi connectivity index (χ1) is 14.9. The van der Waals surface area contributed by atoms with Gasteiger partial charge in [0.1, 0.15) is 5.75 Å². The van der Waals surface area contributed by atoms with E-state index in [1.807, 2.05) is 0 Å². The van der Waals surface area contributed by atoms with Crippen LogP contribution in [0, 0.1) is 0 Å². The van der Waals surface area contributed by atoms with Gasteiger partial charge < -0.3 is 9.64 Å². The minimum atomic E-state index is 0.795. The highest BCUT2D eigenvalue weighted by atomic mass is 16.5. The number of likely N-dealkylation sites (tertiary alicyclic amines) is 1. The maximum Gasteiger partial charge on any atom is 0.119 e. The fraction of sp³-hybridized carbons (Fsp3) is 0.444. The topological polar surface area (TPSA) is 25.4 Å². The number of nitrogens with zero attached hydrogens (tertiary/aromatic N) is 2. The molecule has 0 radical (unpaired) electrons. The Bertz CT molecular complexity index is 990. The lowest BCUT2D eigenvalue weighted by atomic mass is 9.92. The summed E-state index contributed by atoms with van der Waals surface area (Å²) in [5.41, 5.74) is 6.57. The van der Waals surface area contributed by atoms with Crippen molar-refractivity contribution in [2.24, 2.45) is 0 Å². The molecule has 3 aromatic rings. The third-order valence-electron chi connectivity index (χ3n) is 6.65. The average molecular weight is 401 g/mol. The number of aromatic nitrogens is 1. The maximum absolute atomic E-state index is 6.04. The number of ether oxygens (including phenoxy) is 1. The van der Waals surface area contributed by atoms with E-state index in [9.17, 15) is 0 Å². The number of hydrogen-bond donors (Lipinski definition) is 0. The van der Waals surface area contributed by atoms with Crippen LogP contribution in [0.1, 0.15) is 49.8 Å². The van der Waals surface area contributed by atoms with Crippen LogP contribution in [-0.2, 0) is 12.8 Å². The fourth-order valence-electron chi connectivity index (χ4n) is 5.08. The van der Waals surface area contributed by atoms with Gasteiger partial charge in [0.2, 0.25) is 0 Å². The van der Waals surface area contributed by atoms with Gasteiger partial charge in [-0.15, -0.1) is 0 Å². The number of pyridine rings is 1. The summed E-state index contributed by atoms with van der Waals surface area (Å²) in [4.78, 5) is 7.58. The van der Waals surface area contributed by atoms with E-state index < -0.39 is 0 Å². The highest BCUT2D eigenvalue weighted by Crippen LogP contribution is 2.36. The van der Waals surface area contributed by atoms with Crippen LogP contribution in [-0.4, -0.2) is 36.1 Å². The molecular formula is C27H32N2O. The summed E-state index contributed by atoms with van der Waals surface area (Å²) < 4.78 is 6.04. The molecule has 0 unspecified atom stereocenters. The van der Waals surface area contributed by atoms with Crippen LogP contribution in [0.3, 0.4) is 0 Å². The second kappa shape index (κ2) is 9.18. The van der Waals surface area contributed by atoms with E-state index in [0.29, 0.717) is 0 Å². The van der Waals surface area contributed by atoms with E-state index in [1.165, 1.54) is 73.0 Å². The zero-order valence-electron chi connectivity index (χ0n) is 17.9. The van der Waals surface area contributed by atoms with Gasteiger partial charge in [-0.3, -0.25) is 4.98 Å². The number of benzene rings is 2. The molecule has 2 aliphatic rings. The molecule has 0 amide bonds. The molecule has 3 nitrogen and oxygen atoms in total. The predicted molar refractivity (Wildman–Crippen MR) is 124 cm³/mol. The monoisotopic (exact) mass is 400 g/mol. The molecule has 1 aliphatic carbocycles. The Hall–Kier alpha value is -2.39. The lowest BCUT2D eigenvalue weighted by Gasteiger charge is -2.17. The van der Waals surface area contributed by atoms with E-state index >= 15 is 0 Å². The van der Waals surface area contributed by atoms with Crippen molar-refractivity contribution >= 4 is 10.9 Å². The molecule has 0 bridgehead atoms. The smallest absolute Gasteiger partial charge is 0.119 e. The molecule has 0 spiro atoms. The Kier molecular flexibility index (Phi) is 5.99. The normalized spacial score (nSPS) is 17.1. The number of fused-ring (bicyclic) bond motifs is 2. The Labute approximate surface area is 180 Å². The van der Waals surface area contributed by atoms with Gasteiger partial charge in [0.05, 0.1) is 12.1 Å². The highest BCUT2D eigenvalue weighted by Gasteiger charge is 2.18. The summed E-state index contributed by atoms with van der Waals surface area (Å²) in [7, 11) is 0. The van der Waals surface area contributed by atoms with Crippen LogP contribution in [0.25, 0.3) is 22.0 Å². The molecule has 30 heavy (non-hydrogen) atoms. The molecule has 2 aromatic carbocycles. The summed E-state index contributed by atoms with van der Waals surface area (Å²) >= 11 is 0. The Morgan fingerprint density at radius 3 is 2.50 bits per heavy atom. The van der Waals surface area contributed by atoms with E-state index in [1.54, 1.807) is 0 Å². The summed E-state index contributed by atoms with van der Waals surface area (Å²) in [6.45, 7) is 4.48. The van der Waals surface area contributed by atoms with Crippen molar-refractivity contribution in [3.63, 3.8) is 0 Å². The van der Waals surface area contributed by atoms with Gasteiger partial charge in [0, 0.05) is 17.6 Å². The number of aryl methyl sites for hydroxylation is 1. The summed E-state index contributed by atoms with van der Waals surface area (Å²) in [5, 5.41) is 1.28. The first-order valence-corrected chi connectivity index (χ1v) is 11.7. The van der Waals surface area contributed by atoms with Gasteiger partial charge in [0.15, 0.2) is 0 Å². The fourth-order valence-corrected chi connectivity index (χ4v) is 5.08. The minimum absolute atomic E-state index is 0.795. The van der Waals surface area contributed by atoms with Gasteiger partial charge in [0.25, 0.3) is 0 Å². The molecular weight excluding hydrogens is 368 g/mol. The predicted octanol–water partition coefficient (Wildman–Crippen LogP) is 6.04. The second-order valence-corrected chi connectivity index (χ2v) is 8.77. The molecule has 5 rings (SSSR count). The van der Waals surface area contributed by atoms with Crippen LogP contribution in [0.2, 0.25) is 0 Å². The van der Waals surface area contributed by atoms with Gasteiger partial charge in [-0.1, -0.05) is 36.8 Å². The lowest BCUT2D eigenvalue weighted by Crippen LogP contribution is -2.21. The third-order valence-corrected chi connectivity index (χ3v) is 6.65. The quantitative estimate of drug-likeness (QED) is 0.373. The Balaban J connectivity index is 1.36. The highest BCUT2D eigenvalue weighted by molar-refractivity contribution is 5.96. The van der Waals surface area contributed by atoms with Crippen LogP contribution in [0.5, 0.6) is 5.75 Å². The third kappa shape index (κ3) is 4.22. The largest absolute Gasteiger partial charge is 0.494 e. The first kappa shape index (κ1) is 19.6. The lowest BCUT2D eigenvalue weighted by molar-refractivity contribution is 0.263. The molecule has 1 aliphatic heterocycles. The molecule has 1 fully saturated rings. The standard InChI is InChI=1S/C27H32N2O/c1-2-9-23-25(11-3-1)28-26-12-5-4-10-24(26)27(23)21-13-15-22(16-14-21)30-20-8-19-29-17-6-7-18-29/h4-5,10,12-16H,1-3,6-9,11,17-20H2. The summed E-state index contributed by atoms with van der Waals surface area (Å²) in [6.07, 6.45) is 9.87. The van der Waals surface area contributed by atoms with Crippen LogP contribution < -0.4 is 4.74 Å². The number of para-hydroxylation sites is 1. The SMILES string of the molecule is c1ccc2c(-c3ccc(OCCCN4CCCC4)cc3)c3c(nc2c1)CCCCC3. The van der Waals surface area contributed by atoms with Crippen molar-refractivity contribution in [3.8, 4) is 16.9 Å². The zero-order chi connectivity index (χ0) is 20.2. The second-order valence-electron chi connectivity index (χ2n) is 8.77. The van der Waals surface area contributed by atoms with E-state index in [2.05, 4.69) is 53.4 Å². The van der Waals surface area contributed by atoms with Crippen molar-refractivity contribution in [2.75, 3.05) is 26.2 Å². The Morgan fingerprint density at radius 1 is 0.833 bits per heavy atom. The van der Waals surface area contributed by atoms with Gasteiger partial charge >= 0.3 is 0 Å². The number of rotatable bonds is 6. The molecule has 0 atom stereocenters. The zero-order valence-corrected chi connectivity index (χ0v) is 17.9. The average Bonchev–Trinajstić information content (AvgIpc) is 3.20. The first-order valence-electron chi connectivity index (χ1n) is 11.7. The molecule has 156 valence electrons. The molecule has 1 aromatic heterocycles. The molecule has 1 saturated heterocycles. The van der Waals surface area contributed by atoms with Crippen LogP contribution in [0.4, 0.5) is 0 Å². The maximum atomic E-state index is 6.04. The van der Waals surface area contributed by atoms with Crippen molar-refractivity contribution < 1.29 is 4.74 Å². The van der Waals surface area contributed by atoms with Crippen molar-refractivity contribution in [1.82, 2.24) is 9.88 Å². The summed E-state index contributed by atoms with van der Waals surface area (Å²) in [6, 6.07) is 17.4. The van der Waals surface area contributed by atoms with Gasteiger partial charge in [-0.25, -0.2) is 0 Å². The van der Waals surface area contributed by atoms with E-state index in [0.717, 1.165) is 43.7 Å². The number of hydrogen-bond acceptors (Lipinski definition) is 3. The van der Waals surface area contributed by atoms with E-state index in [-0.39, 0.29) is 0 Å². The Morgan fingerprint density at radius 2 is 1.63 bits per heavy atom. The molecule has 0 N–H and O–H groups in total. The van der Waals surface area contributed by atoms with E-state index in [4.69, 9.17) is 9.72 Å². The minimum Gasteiger partial charge on any atom is -0.494 e. The molecule has 3 heteroatoms. The van der Waals surface area contributed by atoms with Gasteiger partial charge in [-0.05, 0) is 92.9 Å². The summed E-state index contributed by atoms with van der Waals surface area (Å²) in [5.74, 6) is 0.977. The van der Waals surface area contributed by atoms with Crippen LogP contribution >= 0.6 is 0 Å². The van der Waals surface area contributed by atoms with Gasteiger partial charge in [-0.2, -0.15) is 0 Å².